The number of benzene rings is 2. The quantitative estimate of drug-likeness (QED) is 0.638. The highest BCUT2D eigenvalue weighted by molar-refractivity contribution is 5.92. The number of nitrogens with zero attached hydrogens (tertiary/aromatic N) is 4. The Morgan fingerprint density at radius 3 is 2.47 bits per heavy atom. The van der Waals surface area contributed by atoms with Gasteiger partial charge in [-0.2, -0.15) is 4.98 Å². The Balaban J connectivity index is 1.35. The number of ether oxygens (including phenoxy) is 1. The van der Waals surface area contributed by atoms with Crippen LogP contribution in [0.3, 0.4) is 0 Å². The van der Waals surface area contributed by atoms with E-state index >= 15 is 0 Å². The molecule has 32 heavy (non-hydrogen) atoms. The van der Waals surface area contributed by atoms with Crippen molar-refractivity contribution in [2.75, 3.05) is 47.9 Å². The molecule has 0 unspecified atom stereocenters. The zero-order valence-electron chi connectivity index (χ0n) is 18.2. The number of nitrogens with one attached hydrogen (secondary N) is 1. The van der Waals surface area contributed by atoms with E-state index in [1.165, 1.54) is 17.8 Å². The first-order chi connectivity index (χ1) is 15.5. The van der Waals surface area contributed by atoms with Crippen LogP contribution < -0.4 is 19.9 Å². The van der Waals surface area contributed by atoms with E-state index in [2.05, 4.69) is 37.2 Å². The molecule has 0 bridgehead atoms. The van der Waals surface area contributed by atoms with Gasteiger partial charge in [0.1, 0.15) is 5.82 Å². The van der Waals surface area contributed by atoms with Gasteiger partial charge in [-0.25, -0.2) is 9.37 Å². The maximum absolute atomic E-state index is 13.4. The standard InChI is InChI=1S/C24H26FN5O2/c1-17-8-9-19(25)15-21(17)27-22(31)16-32-23-14-18(2)26-24(28-23)30-12-10-29(11-13-30)20-6-4-3-5-7-20/h3-9,14-15H,10-13,16H2,1-2H3,(H,27,31). The lowest BCUT2D eigenvalue weighted by atomic mass is 10.2. The van der Waals surface area contributed by atoms with E-state index in [1.807, 2.05) is 25.1 Å². The number of aromatic nitrogens is 2. The fourth-order valence-electron chi connectivity index (χ4n) is 3.60. The first kappa shape index (κ1) is 21.5. The predicted octanol–water partition coefficient (Wildman–Crippen LogP) is 3.58. The van der Waals surface area contributed by atoms with Gasteiger partial charge in [0.05, 0.1) is 0 Å². The van der Waals surface area contributed by atoms with Crippen LogP contribution in [0.5, 0.6) is 5.88 Å². The summed E-state index contributed by atoms with van der Waals surface area (Å²) in [6, 6.07) is 16.3. The molecule has 0 atom stereocenters. The molecule has 1 aliphatic heterocycles. The van der Waals surface area contributed by atoms with E-state index in [9.17, 15) is 9.18 Å². The Morgan fingerprint density at radius 1 is 1.00 bits per heavy atom. The summed E-state index contributed by atoms with van der Waals surface area (Å²) in [5.41, 5.74) is 3.17. The molecule has 2 heterocycles. The molecule has 166 valence electrons. The number of carbonyl (C=O) groups is 1. The van der Waals surface area contributed by atoms with E-state index in [1.54, 1.807) is 19.1 Å². The molecule has 1 fully saturated rings. The van der Waals surface area contributed by atoms with Crippen molar-refractivity contribution in [3.8, 4) is 5.88 Å². The highest BCUT2D eigenvalue weighted by Gasteiger charge is 2.20. The van der Waals surface area contributed by atoms with Gasteiger partial charge >= 0.3 is 0 Å². The lowest BCUT2D eigenvalue weighted by molar-refractivity contribution is -0.118. The van der Waals surface area contributed by atoms with E-state index in [-0.39, 0.29) is 12.5 Å². The zero-order chi connectivity index (χ0) is 22.5. The summed E-state index contributed by atoms with van der Waals surface area (Å²) in [5, 5.41) is 2.67. The van der Waals surface area contributed by atoms with E-state index in [0.717, 1.165) is 37.4 Å². The molecule has 3 aromatic rings. The van der Waals surface area contributed by atoms with Gasteiger partial charge in [0.25, 0.3) is 5.91 Å². The molecule has 0 spiro atoms. The van der Waals surface area contributed by atoms with Crippen LogP contribution in [0.25, 0.3) is 0 Å². The average molecular weight is 436 g/mol. The summed E-state index contributed by atoms with van der Waals surface area (Å²) in [7, 11) is 0. The molecular formula is C24H26FN5O2. The summed E-state index contributed by atoms with van der Waals surface area (Å²) >= 11 is 0. The molecule has 2 aromatic carbocycles. The van der Waals surface area contributed by atoms with Gasteiger partial charge in [0.2, 0.25) is 11.8 Å². The van der Waals surface area contributed by atoms with Gasteiger partial charge < -0.3 is 19.9 Å². The van der Waals surface area contributed by atoms with Crippen LogP contribution in [0, 0.1) is 19.7 Å². The van der Waals surface area contributed by atoms with Crippen molar-refractivity contribution in [2.45, 2.75) is 13.8 Å². The lowest BCUT2D eigenvalue weighted by Gasteiger charge is -2.36. The Bertz CT molecular complexity index is 1090. The van der Waals surface area contributed by atoms with Crippen molar-refractivity contribution in [1.29, 1.82) is 0 Å². The summed E-state index contributed by atoms with van der Waals surface area (Å²) in [5.74, 6) is 0.140. The van der Waals surface area contributed by atoms with Crippen LogP contribution in [0.1, 0.15) is 11.3 Å². The smallest absolute Gasteiger partial charge is 0.262 e. The predicted molar refractivity (Wildman–Crippen MR) is 123 cm³/mol. The number of halogens is 1. The molecule has 1 saturated heterocycles. The number of rotatable bonds is 6. The topological polar surface area (TPSA) is 70.6 Å². The number of anilines is 3. The third kappa shape index (κ3) is 5.32. The fourth-order valence-corrected chi connectivity index (χ4v) is 3.60. The normalized spacial score (nSPS) is 13.7. The molecule has 1 N–H and O–H groups in total. The fraction of sp³-hybridized carbons (Fsp3) is 0.292. The maximum Gasteiger partial charge on any atom is 0.262 e. The zero-order valence-corrected chi connectivity index (χ0v) is 18.2. The SMILES string of the molecule is Cc1cc(OCC(=O)Nc2cc(F)ccc2C)nc(N2CCN(c3ccccc3)CC2)n1. The average Bonchev–Trinajstić information content (AvgIpc) is 2.80. The number of para-hydroxylation sites is 1. The Labute approximate surface area is 186 Å². The summed E-state index contributed by atoms with van der Waals surface area (Å²) in [4.78, 5) is 25.8. The monoisotopic (exact) mass is 435 g/mol. The Kier molecular flexibility index (Phi) is 6.49. The first-order valence-corrected chi connectivity index (χ1v) is 10.6. The number of aryl methyl sites for hydroxylation is 2. The first-order valence-electron chi connectivity index (χ1n) is 10.6. The van der Waals surface area contributed by atoms with Gasteiger partial charge in [0.15, 0.2) is 6.61 Å². The second-order valence-electron chi connectivity index (χ2n) is 7.75. The second-order valence-corrected chi connectivity index (χ2v) is 7.75. The lowest BCUT2D eigenvalue weighted by Crippen LogP contribution is -2.47. The molecule has 8 heteroatoms. The number of amides is 1. The minimum absolute atomic E-state index is 0.229. The minimum atomic E-state index is -0.407. The number of hydrogen-bond donors (Lipinski definition) is 1. The van der Waals surface area contributed by atoms with Gasteiger partial charge in [0, 0.05) is 49.3 Å². The Morgan fingerprint density at radius 2 is 1.72 bits per heavy atom. The maximum atomic E-state index is 13.4. The highest BCUT2D eigenvalue weighted by Crippen LogP contribution is 2.21. The minimum Gasteiger partial charge on any atom is -0.467 e. The largest absolute Gasteiger partial charge is 0.467 e. The van der Waals surface area contributed by atoms with Crippen molar-refractivity contribution in [3.63, 3.8) is 0 Å². The molecular weight excluding hydrogens is 409 g/mol. The van der Waals surface area contributed by atoms with Crippen molar-refractivity contribution in [1.82, 2.24) is 9.97 Å². The molecule has 1 aromatic heterocycles. The molecule has 1 amide bonds. The summed E-state index contributed by atoms with van der Waals surface area (Å²) < 4.78 is 19.0. The van der Waals surface area contributed by atoms with Crippen molar-refractivity contribution < 1.29 is 13.9 Å². The number of hydrogen-bond acceptors (Lipinski definition) is 6. The van der Waals surface area contributed by atoms with Crippen LogP contribution in [0.2, 0.25) is 0 Å². The van der Waals surface area contributed by atoms with Crippen molar-refractivity contribution in [2.24, 2.45) is 0 Å². The van der Waals surface area contributed by atoms with Gasteiger partial charge in [-0.1, -0.05) is 24.3 Å². The van der Waals surface area contributed by atoms with Crippen LogP contribution in [-0.2, 0) is 4.79 Å². The molecule has 1 aliphatic rings. The van der Waals surface area contributed by atoms with Crippen molar-refractivity contribution in [3.05, 3.63) is 71.7 Å². The van der Waals surface area contributed by atoms with Crippen LogP contribution in [0.15, 0.2) is 54.6 Å². The third-order valence-electron chi connectivity index (χ3n) is 5.33. The van der Waals surface area contributed by atoms with Crippen molar-refractivity contribution >= 4 is 23.2 Å². The third-order valence-corrected chi connectivity index (χ3v) is 5.33. The second kappa shape index (κ2) is 9.64. The van der Waals surface area contributed by atoms with Gasteiger partial charge in [-0.3, -0.25) is 4.79 Å². The van der Waals surface area contributed by atoms with E-state index < -0.39 is 5.82 Å². The molecule has 0 radical (unpaired) electrons. The van der Waals surface area contributed by atoms with Crippen LogP contribution in [-0.4, -0.2) is 48.7 Å². The van der Waals surface area contributed by atoms with Gasteiger partial charge in [-0.05, 0) is 43.7 Å². The number of piperazine rings is 1. The summed E-state index contributed by atoms with van der Waals surface area (Å²) in [6.45, 7) is 6.75. The molecule has 4 rings (SSSR count). The van der Waals surface area contributed by atoms with E-state index in [0.29, 0.717) is 17.5 Å². The number of carbonyl (C=O) groups excluding carboxylic acids is 1. The van der Waals surface area contributed by atoms with Crippen LogP contribution >= 0.6 is 0 Å². The van der Waals surface area contributed by atoms with E-state index in [4.69, 9.17) is 4.74 Å². The summed E-state index contributed by atoms with van der Waals surface area (Å²) in [6.07, 6.45) is 0. The molecule has 0 saturated carbocycles. The molecule has 0 aliphatic carbocycles. The molecule has 7 nitrogen and oxygen atoms in total. The van der Waals surface area contributed by atoms with Crippen LogP contribution in [0.4, 0.5) is 21.7 Å². The highest BCUT2D eigenvalue weighted by atomic mass is 19.1. The Hall–Kier alpha value is -3.68. The van der Waals surface area contributed by atoms with Gasteiger partial charge in [-0.15, -0.1) is 0 Å².